The molecule has 2 aliphatic heterocycles. The number of pyridine rings is 1. The quantitative estimate of drug-likeness (QED) is 0.459. The molecule has 3 heterocycles. The molecular weight excluding hydrogens is 559 g/mol. The molecule has 3 atom stereocenters. The minimum absolute atomic E-state index is 0.00365. The van der Waals surface area contributed by atoms with Gasteiger partial charge in [0.15, 0.2) is 0 Å². The summed E-state index contributed by atoms with van der Waals surface area (Å²) >= 11 is 0. The molecule has 2 aromatic rings. The first kappa shape index (κ1) is 32.4. The lowest BCUT2D eigenvalue weighted by Gasteiger charge is -2.40. The van der Waals surface area contributed by atoms with Gasteiger partial charge in [-0.2, -0.15) is 26.3 Å². The van der Waals surface area contributed by atoms with Crippen molar-refractivity contribution in [2.75, 3.05) is 18.5 Å². The van der Waals surface area contributed by atoms with Crippen molar-refractivity contribution in [3.8, 4) is 0 Å². The number of carboxylic acids is 2. The van der Waals surface area contributed by atoms with Gasteiger partial charge in [-0.3, -0.25) is 14.7 Å². The molecular formula is C24H24F7N3O6. The maximum Gasteiger partial charge on any atom is 0.490 e. The van der Waals surface area contributed by atoms with Gasteiger partial charge < -0.3 is 20.3 Å². The van der Waals surface area contributed by atoms with Crippen molar-refractivity contribution in [1.82, 2.24) is 9.88 Å². The van der Waals surface area contributed by atoms with Crippen molar-refractivity contribution in [3.63, 3.8) is 0 Å². The van der Waals surface area contributed by atoms with Gasteiger partial charge in [0.05, 0.1) is 23.9 Å². The van der Waals surface area contributed by atoms with Gasteiger partial charge in [-0.15, -0.1) is 0 Å². The highest BCUT2D eigenvalue weighted by Gasteiger charge is 2.42. The third kappa shape index (κ3) is 10.4. The molecule has 9 nitrogen and oxygen atoms in total. The number of carboxylic acid groups (broad SMARTS) is 2. The number of ether oxygens (including phenoxy) is 1. The zero-order valence-corrected chi connectivity index (χ0v) is 20.5. The van der Waals surface area contributed by atoms with Crippen LogP contribution < -0.4 is 5.32 Å². The number of amides is 1. The SMILES string of the molecule is O=C(Nc1cccnc1)[C@H]1C[C@H]2OCC[C@H]2N(Cc2ccc(F)cc2)C1.O=C(O)C(F)(F)F.O=C(O)C(F)(F)F. The third-order valence-electron chi connectivity index (χ3n) is 5.70. The second-order valence-electron chi connectivity index (χ2n) is 8.59. The lowest BCUT2D eigenvalue weighted by Crippen LogP contribution is -2.51. The van der Waals surface area contributed by atoms with Crippen LogP contribution in [0.4, 0.5) is 36.4 Å². The summed E-state index contributed by atoms with van der Waals surface area (Å²) in [6.07, 6.45) is -5.06. The number of likely N-dealkylation sites (tertiary alicyclic amines) is 1. The number of carbonyl (C=O) groups is 3. The molecule has 0 aliphatic carbocycles. The molecule has 1 amide bonds. The summed E-state index contributed by atoms with van der Waals surface area (Å²) in [6.45, 7) is 2.10. The molecule has 40 heavy (non-hydrogen) atoms. The van der Waals surface area contributed by atoms with E-state index in [9.17, 15) is 35.5 Å². The number of hydrogen-bond donors (Lipinski definition) is 3. The second-order valence-corrected chi connectivity index (χ2v) is 8.59. The summed E-state index contributed by atoms with van der Waals surface area (Å²) in [4.78, 5) is 36.9. The zero-order chi connectivity index (χ0) is 30.1. The molecule has 1 aromatic carbocycles. The molecule has 0 saturated carbocycles. The maximum absolute atomic E-state index is 13.2. The van der Waals surface area contributed by atoms with Crippen molar-refractivity contribution in [2.45, 2.75) is 43.9 Å². The summed E-state index contributed by atoms with van der Waals surface area (Å²) in [7, 11) is 0. The van der Waals surface area contributed by atoms with Crippen LogP contribution in [0.25, 0.3) is 0 Å². The average molecular weight is 583 g/mol. The Bertz CT molecular complexity index is 1110. The molecule has 0 spiro atoms. The largest absolute Gasteiger partial charge is 0.490 e. The zero-order valence-electron chi connectivity index (χ0n) is 20.5. The fourth-order valence-corrected chi connectivity index (χ4v) is 3.93. The Morgan fingerprint density at radius 1 is 1.00 bits per heavy atom. The van der Waals surface area contributed by atoms with E-state index in [1.54, 1.807) is 30.6 Å². The molecule has 2 saturated heterocycles. The van der Waals surface area contributed by atoms with Crippen LogP contribution in [0.5, 0.6) is 0 Å². The Labute approximate surface area is 222 Å². The van der Waals surface area contributed by atoms with Gasteiger partial charge in [0.2, 0.25) is 5.91 Å². The van der Waals surface area contributed by atoms with Crippen molar-refractivity contribution >= 4 is 23.5 Å². The van der Waals surface area contributed by atoms with Crippen LogP contribution in [0, 0.1) is 11.7 Å². The number of anilines is 1. The molecule has 2 aliphatic rings. The molecule has 0 unspecified atom stereocenters. The highest BCUT2D eigenvalue weighted by atomic mass is 19.4. The van der Waals surface area contributed by atoms with Gasteiger partial charge in [-0.1, -0.05) is 12.1 Å². The van der Waals surface area contributed by atoms with E-state index in [4.69, 9.17) is 24.5 Å². The van der Waals surface area contributed by atoms with Gasteiger partial charge in [0, 0.05) is 31.9 Å². The normalized spacial score (nSPS) is 20.6. The highest BCUT2D eigenvalue weighted by molar-refractivity contribution is 5.92. The van der Waals surface area contributed by atoms with Crippen molar-refractivity contribution < 1.29 is 60.1 Å². The fourth-order valence-electron chi connectivity index (χ4n) is 3.93. The number of halogens is 7. The van der Waals surface area contributed by atoms with Crippen molar-refractivity contribution in [1.29, 1.82) is 0 Å². The predicted molar refractivity (Wildman–Crippen MR) is 123 cm³/mol. The average Bonchev–Trinajstić information content (AvgIpc) is 3.35. The van der Waals surface area contributed by atoms with Gasteiger partial charge in [-0.05, 0) is 42.7 Å². The molecule has 3 N–H and O–H groups in total. The Morgan fingerprint density at radius 3 is 2.08 bits per heavy atom. The lowest BCUT2D eigenvalue weighted by atomic mass is 9.89. The smallest absolute Gasteiger partial charge is 0.475 e. The van der Waals surface area contributed by atoms with Gasteiger partial charge >= 0.3 is 24.3 Å². The van der Waals surface area contributed by atoms with Gasteiger partial charge in [0.1, 0.15) is 5.82 Å². The van der Waals surface area contributed by atoms with Crippen molar-refractivity contribution in [2.24, 2.45) is 5.92 Å². The van der Waals surface area contributed by atoms with Crippen LogP contribution in [0.15, 0.2) is 48.8 Å². The molecule has 1 aromatic heterocycles. The Balaban J connectivity index is 0.000000333. The van der Waals surface area contributed by atoms with Gasteiger partial charge in [-0.25, -0.2) is 14.0 Å². The van der Waals surface area contributed by atoms with Crippen LogP contribution in [0.2, 0.25) is 0 Å². The number of rotatable bonds is 4. The van der Waals surface area contributed by atoms with Crippen molar-refractivity contribution in [3.05, 3.63) is 60.2 Å². The van der Waals surface area contributed by atoms with Gasteiger partial charge in [0.25, 0.3) is 0 Å². The van der Waals surface area contributed by atoms with E-state index < -0.39 is 24.3 Å². The highest BCUT2D eigenvalue weighted by Crippen LogP contribution is 2.33. The first-order valence-electron chi connectivity index (χ1n) is 11.5. The van der Waals surface area contributed by atoms with E-state index in [0.29, 0.717) is 24.8 Å². The lowest BCUT2D eigenvalue weighted by molar-refractivity contribution is -0.193. The number of nitrogens with one attached hydrogen (secondary N) is 1. The third-order valence-corrected chi connectivity index (χ3v) is 5.70. The van der Waals surface area contributed by atoms with Crippen LogP contribution in [-0.4, -0.2) is 75.6 Å². The number of nitrogens with zero attached hydrogens (tertiary/aromatic N) is 2. The predicted octanol–water partition coefficient (Wildman–Crippen LogP) is 4.11. The Kier molecular flexibility index (Phi) is 11.4. The molecule has 220 valence electrons. The molecule has 16 heteroatoms. The van der Waals surface area contributed by atoms with Crippen LogP contribution in [-0.2, 0) is 25.7 Å². The summed E-state index contributed by atoms with van der Waals surface area (Å²) < 4.78 is 82.5. The standard InChI is InChI=1S/C20H22FN3O2.2C2HF3O2/c21-16-5-3-14(4-6-16)12-24-13-15(10-19-18(24)7-9-26-19)20(25)23-17-2-1-8-22-11-17;2*3-2(4,5)1(6)7/h1-6,8,11,15,18-19H,7,9-10,12-13H2,(H,23,25);2*(H,6,7)/t15-,18+,19+;;/m0../s1. The van der Waals surface area contributed by atoms with E-state index in [1.807, 2.05) is 6.07 Å². The number of fused-ring (bicyclic) bond motifs is 1. The number of piperidine rings is 1. The Hall–Kier alpha value is -3.79. The van der Waals surface area contributed by atoms with Crippen LogP contribution in [0.1, 0.15) is 18.4 Å². The number of aliphatic carboxylic acids is 2. The first-order valence-corrected chi connectivity index (χ1v) is 11.5. The number of hydrogen-bond acceptors (Lipinski definition) is 6. The molecule has 4 rings (SSSR count). The first-order chi connectivity index (χ1) is 18.6. The molecule has 0 bridgehead atoms. The number of aromatic nitrogens is 1. The summed E-state index contributed by atoms with van der Waals surface area (Å²) in [5.74, 6) is -5.89. The summed E-state index contributed by atoms with van der Waals surface area (Å²) in [5.41, 5.74) is 1.75. The minimum atomic E-state index is -5.08. The van der Waals surface area contributed by atoms with E-state index in [1.165, 1.54) is 12.1 Å². The van der Waals surface area contributed by atoms with E-state index in [0.717, 1.165) is 25.0 Å². The second kappa shape index (κ2) is 14.0. The number of carbonyl (C=O) groups excluding carboxylic acids is 1. The maximum atomic E-state index is 13.2. The molecule has 2 fully saturated rings. The number of alkyl halides is 6. The van der Waals surface area contributed by atoms with E-state index in [2.05, 4.69) is 15.2 Å². The minimum Gasteiger partial charge on any atom is -0.475 e. The topological polar surface area (TPSA) is 129 Å². The Morgan fingerprint density at radius 2 is 1.57 bits per heavy atom. The number of benzene rings is 1. The molecule has 0 radical (unpaired) electrons. The fraction of sp³-hybridized carbons (Fsp3) is 0.417. The monoisotopic (exact) mass is 583 g/mol. The van der Waals surface area contributed by atoms with E-state index >= 15 is 0 Å². The summed E-state index contributed by atoms with van der Waals surface area (Å²) in [6, 6.07) is 10.5. The van der Waals surface area contributed by atoms with Crippen LogP contribution >= 0.6 is 0 Å². The van der Waals surface area contributed by atoms with E-state index in [-0.39, 0.29) is 23.7 Å². The van der Waals surface area contributed by atoms with Crippen LogP contribution in [0.3, 0.4) is 0 Å². The summed E-state index contributed by atoms with van der Waals surface area (Å²) in [5, 5.41) is 17.2.